The minimum Gasteiger partial charge on any atom is -0.419 e. The lowest BCUT2D eigenvalue weighted by Gasteiger charge is -2.29. The van der Waals surface area contributed by atoms with Crippen molar-refractivity contribution in [3.8, 4) is 10.8 Å². The van der Waals surface area contributed by atoms with Gasteiger partial charge in [0.05, 0.1) is 11.4 Å². The lowest BCUT2D eigenvalue weighted by molar-refractivity contribution is 0.179. The van der Waals surface area contributed by atoms with Crippen molar-refractivity contribution in [3.63, 3.8) is 0 Å². The van der Waals surface area contributed by atoms with E-state index in [4.69, 9.17) is 4.42 Å². The highest BCUT2D eigenvalue weighted by Crippen LogP contribution is 2.33. The Morgan fingerprint density at radius 2 is 2.04 bits per heavy atom. The first-order valence-corrected chi connectivity index (χ1v) is 9.87. The van der Waals surface area contributed by atoms with Crippen molar-refractivity contribution < 1.29 is 4.42 Å². The Morgan fingerprint density at radius 3 is 2.87 bits per heavy atom. The summed E-state index contributed by atoms with van der Waals surface area (Å²) in [4.78, 5) is 3.63. The van der Waals surface area contributed by atoms with Crippen LogP contribution in [0.15, 0.2) is 21.9 Å². The lowest BCUT2D eigenvalue weighted by Crippen LogP contribution is -2.31. The predicted octanol–water partition coefficient (Wildman–Crippen LogP) is 4.73. The molecule has 23 heavy (non-hydrogen) atoms. The van der Waals surface area contributed by atoms with Gasteiger partial charge in [-0.2, -0.15) is 0 Å². The second-order valence-electron chi connectivity index (χ2n) is 6.98. The third kappa shape index (κ3) is 3.66. The summed E-state index contributed by atoms with van der Waals surface area (Å²) >= 11 is 1.65. The van der Waals surface area contributed by atoms with Crippen LogP contribution >= 0.6 is 11.3 Å². The van der Waals surface area contributed by atoms with E-state index in [1.165, 1.54) is 57.9 Å². The summed E-state index contributed by atoms with van der Waals surface area (Å²) in [5.41, 5.74) is 0. The average Bonchev–Trinajstić information content (AvgIpc) is 3.31. The van der Waals surface area contributed by atoms with Gasteiger partial charge in [0.1, 0.15) is 0 Å². The smallest absolute Gasteiger partial charge is 0.257 e. The highest BCUT2D eigenvalue weighted by Gasteiger charge is 2.29. The van der Waals surface area contributed by atoms with Crippen molar-refractivity contribution in [2.45, 2.75) is 64.0 Å². The molecule has 5 heteroatoms. The molecule has 1 unspecified atom stereocenters. The molecule has 0 amide bonds. The molecule has 3 heterocycles. The summed E-state index contributed by atoms with van der Waals surface area (Å²) in [6, 6.07) is 4.77. The van der Waals surface area contributed by atoms with E-state index in [1.54, 1.807) is 11.3 Å². The van der Waals surface area contributed by atoms with Crippen LogP contribution in [0, 0.1) is 5.92 Å². The van der Waals surface area contributed by atoms with Gasteiger partial charge in [0.2, 0.25) is 5.89 Å². The molecule has 1 aliphatic carbocycles. The predicted molar refractivity (Wildman–Crippen MR) is 92.2 cm³/mol. The fraction of sp³-hybridized carbons (Fsp3) is 0.667. The van der Waals surface area contributed by atoms with Crippen LogP contribution in [0.5, 0.6) is 0 Å². The maximum atomic E-state index is 5.87. The molecule has 1 aliphatic heterocycles. The summed E-state index contributed by atoms with van der Waals surface area (Å²) in [6.07, 6.45) is 11.2. The zero-order valence-electron chi connectivity index (χ0n) is 13.6. The highest BCUT2D eigenvalue weighted by atomic mass is 32.1. The van der Waals surface area contributed by atoms with Crippen molar-refractivity contribution >= 4 is 11.3 Å². The molecule has 4 nitrogen and oxygen atoms in total. The second-order valence-corrected chi connectivity index (χ2v) is 7.93. The summed E-state index contributed by atoms with van der Waals surface area (Å²) < 4.78 is 5.87. The molecule has 2 aliphatic rings. The van der Waals surface area contributed by atoms with Crippen molar-refractivity contribution in [3.05, 3.63) is 23.4 Å². The zero-order valence-corrected chi connectivity index (χ0v) is 14.4. The molecule has 0 spiro atoms. The van der Waals surface area contributed by atoms with Gasteiger partial charge in [-0.25, -0.2) is 0 Å². The summed E-state index contributed by atoms with van der Waals surface area (Å²) in [6.45, 7) is 1.99. The van der Waals surface area contributed by atoms with E-state index < -0.39 is 0 Å². The van der Waals surface area contributed by atoms with Gasteiger partial charge in [-0.15, -0.1) is 21.5 Å². The third-order valence-electron chi connectivity index (χ3n) is 5.37. The Hall–Kier alpha value is -1.20. The summed E-state index contributed by atoms with van der Waals surface area (Å²) in [5, 5.41) is 10.5. The molecule has 2 aromatic heterocycles. The molecular formula is C18H25N3OS. The van der Waals surface area contributed by atoms with E-state index >= 15 is 0 Å². The molecule has 1 saturated carbocycles. The number of nitrogens with zero attached hydrogens (tertiary/aromatic N) is 3. The van der Waals surface area contributed by atoms with Gasteiger partial charge in [-0.05, 0) is 43.2 Å². The number of aromatic nitrogens is 2. The van der Waals surface area contributed by atoms with Gasteiger partial charge < -0.3 is 4.42 Å². The lowest BCUT2D eigenvalue weighted by atomic mass is 9.84. The second kappa shape index (κ2) is 7.14. The Bertz CT molecular complexity index is 604. The van der Waals surface area contributed by atoms with Crippen LogP contribution in [0.3, 0.4) is 0 Å². The summed E-state index contributed by atoms with van der Waals surface area (Å²) in [7, 11) is 0. The van der Waals surface area contributed by atoms with Crippen LogP contribution in [0.1, 0.15) is 57.3 Å². The standard InChI is InChI=1S/C18H25N3OS/c1-2-6-14(7-3-1)12-15-8-4-10-21(15)13-17-19-20-18(22-17)16-9-5-11-23-16/h5,9,11,14-15H,1-4,6-8,10,12-13H2. The Morgan fingerprint density at radius 1 is 1.13 bits per heavy atom. The van der Waals surface area contributed by atoms with E-state index in [0.29, 0.717) is 5.89 Å². The molecule has 4 rings (SSSR count). The fourth-order valence-electron chi connectivity index (χ4n) is 4.17. The Kier molecular flexibility index (Phi) is 4.76. The van der Waals surface area contributed by atoms with Crippen LogP contribution in [0.4, 0.5) is 0 Å². The van der Waals surface area contributed by atoms with Gasteiger partial charge >= 0.3 is 0 Å². The summed E-state index contributed by atoms with van der Waals surface area (Å²) in [5.74, 6) is 2.38. The first kappa shape index (κ1) is 15.3. The van der Waals surface area contributed by atoms with Crippen LogP contribution in [0.25, 0.3) is 10.8 Å². The van der Waals surface area contributed by atoms with Gasteiger partial charge in [0, 0.05) is 6.04 Å². The van der Waals surface area contributed by atoms with Gasteiger partial charge in [-0.1, -0.05) is 38.2 Å². The number of hydrogen-bond acceptors (Lipinski definition) is 5. The molecule has 2 aromatic rings. The molecule has 0 radical (unpaired) electrons. The van der Waals surface area contributed by atoms with Gasteiger partial charge in [0.15, 0.2) is 0 Å². The number of thiophene rings is 1. The van der Waals surface area contributed by atoms with Crippen molar-refractivity contribution in [1.82, 2.24) is 15.1 Å². The third-order valence-corrected chi connectivity index (χ3v) is 6.22. The van der Waals surface area contributed by atoms with Crippen molar-refractivity contribution in [2.24, 2.45) is 5.92 Å². The Labute approximate surface area is 141 Å². The maximum absolute atomic E-state index is 5.87. The van der Waals surface area contributed by atoms with E-state index in [9.17, 15) is 0 Å². The Balaban J connectivity index is 1.37. The van der Waals surface area contributed by atoms with Gasteiger partial charge in [0.25, 0.3) is 5.89 Å². The monoisotopic (exact) mass is 331 g/mol. The minimum atomic E-state index is 0.665. The first-order valence-electron chi connectivity index (χ1n) is 8.99. The average molecular weight is 331 g/mol. The van der Waals surface area contributed by atoms with Crippen LogP contribution in [-0.2, 0) is 6.54 Å². The van der Waals surface area contributed by atoms with E-state index in [1.807, 2.05) is 17.5 Å². The van der Waals surface area contributed by atoms with E-state index in [0.717, 1.165) is 29.3 Å². The largest absolute Gasteiger partial charge is 0.419 e. The number of likely N-dealkylation sites (tertiary alicyclic amines) is 1. The van der Waals surface area contributed by atoms with Gasteiger partial charge in [-0.3, -0.25) is 4.90 Å². The molecule has 1 atom stereocenters. The molecule has 2 fully saturated rings. The molecule has 0 aromatic carbocycles. The highest BCUT2D eigenvalue weighted by molar-refractivity contribution is 7.13. The van der Waals surface area contributed by atoms with Crippen LogP contribution in [0.2, 0.25) is 0 Å². The molecule has 1 saturated heterocycles. The molecule has 0 bridgehead atoms. The molecule has 0 N–H and O–H groups in total. The van der Waals surface area contributed by atoms with Crippen molar-refractivity contribution in [2.75, 3.05) is 6.54 Å². The fourth-order valence-corrected chi connectivity index (χ4v) is 4.81. The first-order chi connectivity index (χ1) is 11.4. The normalized spacial score (nSPS) is 23.6. The molecular weight excluding hydrogens is 306 g/mol. The quantitative estimate of drug-likeness (QED) is 0.794. The van der Waals surface area contributed by atoms with Crippen molar-refractivity contribution in [1.29, 1.82) is 0 Å². The maximum Gasteiger partial charge on any atom is 0.257 e. The topological polar surface area (TPSA) is 42.2 Å². The molecule has 124 valence electrons. The van der Waals surface area contributed by atoms with E-state index in [-0.39, 0.29) is 0 Å². The van der Waals surface area contributed by atoms with E-state index in [2.05, 4.69) is 15.1 Å². The van der Waals surface area contributed by atoms with Crippen LogP contribution in [-0.4, -0.2) is 27.7 Å². The van der Waals surface area contributed by atoms with Crippen LogP contribution < -0.4 is 0 Å². The SMILES string of the molecule is c1csc(-c2nnc(CN3CCCC3CC3CCCCC3)o2)c1. The number of hydrogen-bond donors (Lipinski definition) is 0. The zero-order chi connectivity index (χ0) is 15.5. The minimum absolute atomic E-state index is 0.665. The number of rotatable bonds is 5.